The van der Waals surface area contributed by atoms with Crippen LogP contribution in [-0.4, -0.2) is 43.5 Å². The lowest BCUT2D eigenvalue weighted by atomic mass is 10.3. The summed E-state index contributed by atoms with van der Waals surface area (Å²) in [6.45, 7) is 4.34. The molecule has 0 bridgehead atoms. The normalized spacial score (nSPS) is 16.2. The van der Waals surface area contributed by atoms with Gasteiger partial charge in [-0.2, -0.15) is 0 Å². The molecular weight excluding hydrogens is 178 g/mol. The van der Waals surface area contributed by atoms with Gasteiger partial charge >= 0.3 is 0 Å². The topological polar surface area (TPSA) is 58.4 Å². The van der Waals surface area contributed by atoms with Crippen LogP contribution < -0.4 is 11.1 Å². The Bertz CT molecular complexity index is 167. The lowest BCUT2D eigenvalue weighted by Crippen LogP contribution is -2.31. The van der Waals surface area contributed by atoms with E-state index in [1.54, 1.807) is 0 Å². The van der Waals surface area contributed by atoms with E-state index in [9.17, 15) is 4.79 Å². The SMILES string of the molecule is NCCCNCCC(=O)N1CCCC1. The number of carbonyl (C=O) groups excluding carboxylic acids is 1. The van der Waals surface area contributed by atoms with E-state index in [4.69, 9.17) is 5.73 Å². The number of carbonyl (C=O) groups is 1. The summed E-state index contributed by atoms with van der Waals surface area (Å²) < 4.78 is 0. The third-order valence-corrected chi connectivity index (χ3v) is 2.53. The fourth-order valence-electron chi connectivity index (χ4n) is 1.67. The molecule has 0 aliphatic carbocycles. The van der Waals surface area contributed by atoms with Gasteiger partial charge in [-0.3, -0.25) is 4.79 Å². The molecule has 1 fully saturated rings. The van der Waals surface area contributed by atoms with Gasteiger partial charge in [0.2, 0.25) is 5.91 Å². The van der Waals surface area contributed by atoms with E-state index in [0.717, 1.165) is 32.6 Å². The van der Waals surface area contributed by atoms with E-state index in [0.29, 0.717) is 18.9 Å². The Hall–Kier alpha value is -0.610. The number of nitrogens with two attached hydrogens (primary N) is 1. The molecule has 82 valence electrons. The molecule has 0 radical (unpaired) electrons. The van der Waals surface area contributed by atoms with Gasteiger partial charge in [0.1, 0.15) is 0 Å². The van der Waals surface area contributed by atoms with Crippen LogP contribution in [0.15, 0.2) is 0 Å². The Balaban J connectivity index is 1.97. The second-order valence-corrected chi connectivity index (χ2v) is 3.73. The highest BCUT2D eigenvalue weighted by molar-refractivity contribution is 5.76. The van der Waals surface area contributed by atoms with Crippen molar-refractivity contribution in [2.45, 2.75) is 25.7 Å². The van der Waals surface area contributed by atoms with Crippen molar-refractivity contribution in [3.63, 3.8) is 0 Å². The standard InChI is InChI=1S/C10H21N3O/c11-5-3-6-12-7-4-10(14)13-8-1-2-9-13/h12H,1-9,11H2. The molecule has 3 N–H and O–H groups in total. The van der Waals surface area contributed by atoms with Crippen molar-refractivity contribution in [1.82, 2.24) is 10.2 Å². The van der Waals surface area contributed by atoms with Gasteiger partial charge in [-0.1, -0.05) is 0 Å². The molecule has 4 nitrogen and oxygen atoms in total. The minimum Gasteiger partial charge on any atom is -0.343 e. The molecule has 1 aliphatic rings. The molecule has 1 amide bonds. The van der Waals surface area contributed by atoms with E-state index in [1.807, 2.05) is 4.90 Å². The molecule has 0 unspecified atom stereocenters. The number of amides is 1. The highest BCUT2D eigenvalue weighted by Gasteiger charge is 2.16. The van der Waals surface area contributed by atoms with Gasteiger partial charge in [-0.05, 0) is 32.4 Å². The third kappa shape index (κ3) is 4.07. The predicted molar refractivity (Wildman–Crippen MR) is 57.0 cm³/mol. The quantitative estimate of drug-likeness (QED) is 0.589. The third-order valence-electron chi connectivity index (χ3n) is 2.53. The lowest BCUT2D eigenvalue weighted by molar-refractivity contribution is -0.130. The van der Waals surface area contributed by atoms with Crippen molar-refractivity contribution in [1.29, 1.82) is 0 Å². The van der Waals surface area contributed by atoms with Crippen molar-refractivity contribution >= 4 is 5.91 Å². The van der Waals surface area contributed by atoms with Crippen molar-refractivity contribution in [3.8, 4) is 0 Å². The minimum atomic E-state index is 0.294. The number of nitrogens with one attached hydrogen (secondary N) is 1. The van der Waals surface area contributed by atoms with E-state index in [1.165, 1.54) is 12.8 Å². The van der Waals surface area contributed by atoms with Gasteiger partial charge in [0, 0.05) is 26.1 Å². The zero-order valence-corrected chi connectivity index (χ0v) is 8.80. The second-order valence-electron chi connectivity index (χ2n) is 3.73. The van der Waals surface area contributed by atoms with E-state index >= 15 is 0 Å². The molecule has 1 saturated heterocycles. The van der Waals surface area contributed by atoms with Gasteiger partial charge in [0.25, 0.3) is 0 Å². The number of hydrogen-bond acceptors (Lipinski definition) is 3. The fraction of sp³-hybridized carbons (Fsp3) is 0.900. The molecule has 0 aromatic heterocycles. The van der Waals surface area contributed by atoms with Crippen LogP contribution in [0.2, 0.25) is 0 Å². The number of rotatable bonds is 6. The van der Waals surface area contributed by atoms with Crippen LogP contribution in [-0.2, 0) is 4.79 Å². The minimum absolute atomic E-state index is 0.294. The summed E-state index contributed by atoms with van der Waals surface area (Å²) in [5.74, 6) is 0.294. The Kier molecular flexibility index (Phi) is 5.56. The number of likely N-dealkylation sites (tertiary alicyclic amines) is 1. The molecule has 0 saturated carbocycles. The molecule has 14 heavy (non-hydrogen) atoms. The van der Waals surface area contributed by atoms with Crippen molar-refractivity contribution in [3.05, 3.63) is 0 Å². The Morgan fingerprint density at radius 2 is 2.00 bits per heavy atom. The van der Waals surface area contributed by atoms with Crippen molar-refractivity contribution in [2.75, 3.05) is 32.7 Å². The summed E-state index contributed by atoms with van der Waals surface area (Å²) in [5, 5.41) is 3.21. The molecule has 1 aliphatic heterocycles. The Morgan fingerprint density at radius 1 is 1.29 bits per heavy atom. The average Bonchev–Trinajstić information content (AvgIpc) is 2.70. The first kappa shape index (κ1) is 11.5. The summed E-state index contributed by atoms with van der Waals surface area (Å²) in [6.07, 6.45) is 3.96. The zero-order chi connectivity index (χ0) is 10.2. The zero-order valence-electron chi connectivity index (χ0n) is 8.80. The molecule has 4 heteroatoms. The highest BCUT2D eigenvalue weighted by atomic mass is 16.2. The van der Waals surface area contributed by atoms with E-state index in [2.05, 4.69) is 5.32 Å². The maximum absolute atomic E-state index is 11.5. The summed E-state index contributed by atoms with van der Waals surface area (Å²) in [5.41, 5.74) is 5.35. The van der Waals surface area contributed by atoms with Crippen LogP contribution >= 0.6 is 0 Å². The van der Waals surface area contributed by atoms with Crippen LogP contribution in [0.5, 0.6) is 0 Å². The molecule has 0 aromatic carbocycles. The largest absolute Gasteiger partial charge is 0.343 e. The first-order chi connectivity index (χ1) is 6.84. The second kappa shape index (κ2) is 6.79. The maximum Gasteiger partial charge on any atom is 0.223 e. The maximum atomic E-state index is 11.5. The van der Waals surface area contributed by atoms with Gasteiger partial charge in [0.15, 0.2) is 0 Å². The molecule has 0 spiro atoms. The fourth-order valence-corrected chi connectivity index (χ4v) is 1.67. The summed E-state index contributed by atoms with van der Waals surface area (Å²) in [4.78, 5) is 13.5. The molecule has 1 rings (SSSR count). The van der Waals surface area contributed by atoms with Crippen LogP contribution in [0.4, 0.5) is 0 Å². The van der Waals surface area contributed by atoms with Crippen LogP contribution in [0.1, 0.15) is 25.7 Å². The van der Waals surface area contributed by atoms with Crippen LogP contribution in [0.25, 0.3) is 0 Å². The molecule has 1 heterocycles. The summed E-state index contributed by atoms with van der Waals surface area (Å²) >= 11 is 0. The van der Waals surface area contributed by atoms with Crippen LogP contribution in [0, 0.1) is 0 Å². The number of nitrogens with zero attached hydrogens (tertiary/aromatic N) is 1. The Labute approximate surface area is 85.8 Å². The lowest BCUT2D eigenvalue weighted by Gasteiger charge is -2.14. The average molecular weight is 199 g/mol. The van der Waals surface area contributed by atoms with Crippen molar-refractivity contribution < 1.29 is 4.79 Å². The highest BCUT2D eigenvalue weighted by Crippen LogP contribution is 2.08. The van der Waals surface area contributed by atoms with Gasteiger partial charge in [-0.15, -0.1) is 0 Å². The first-order valence-corrected chi connectivity index (χ1v) is 5.53. The monoisotopic (exact) mass is 199 g/mol. The predicted octanol–water partition coefficient (Wildman–Crippen LogP) is -0.0627. The smallest absolute Gasteiger partial charge is 0.223 e. The first-order valence-electron chi connectivity index (χ1n) is 5.53. The summed E-state index contributed by atoms with van der Waals surface area (Å²) in [7, 11) is 0. The molecular formula is C10H21N3O. The van der Waals surface area contributed by atoms with Crippen molar-refractivity contribution in [2.24, 2.45) is 5.73 Å². The summed E-state index contributed by atoms with van der Waals surface area (Å²) in [6, 6.07) is 0. The van der Waals surface area contributed by atoms with Gasteiger partial charge in [-0.25, -0.2) is 0 Å². The van der Waals surface area contributed by atoms with E-state index < -0.39 is 0 Å². The molecule has 0 aromatic rings. The molecule has 0 atom stereocenters. The van der Waals surface area contributed by atoms with Crippen LogP contribution in [0.3, 0.4) is 0 Å². The Morgan fingerprint density at radius 3 is 2.64 bits per heavy atom. The van der Waals surface area contributed by atoms with Gasteiger partial charge in [0.05, 0.1) is 0 Å². The number of hydrogen-bond donors (Lipinski definition) is 2. The van der Waals surface area contributed by atoms with Gasteiger partial charge < -0.3 is 16.0 Å². The van der Waals surface area contributed by atoms with E-state index in [-0.39, 0.29) is 0 Å².